The van der Waals surface area contributed by atoms with E-state index in [1.54, 1.807) is 35.1 Å². The van der Waals surface area contributed by atoms with Gasteiger partial charge in [-0.25, -0.2) is 4.68 Å². The molecule has 0 fully saturated rings. The molecule has 0 aliphatic carbocycles. The SMILES string of the molecule is Cc1nn(CC(=O)c2ccccc2)c(=O)c2c1cnn2C(C)(C)C. The Hall–Kier alpha value is -2.76. The van der Waals surface area contributed by atoms with Crippen molar-refractivity contribution in [3.8, 4) is 0 Å². The second-order valence-electron chi connectivity index (χ2n) is 6.83. The summed E-state index contributed by atoms with van der Waals surface area (Å²) in [6, 6.07) is 8.91. The van der Waals surface area contributed by atoms with Gasteiger partial charge < -0.3 is 0 Å². The highest BCUT2D eigenvalue weighted by Crippen LogP contribution is 2.20. The van der Waals surface area contributed by atoms with Gasteiger partial charge in [0.1, 0.15) is 12.1 Å². The predicted octanol–water partition coefficient (Wildman–Crippen LogP) is 2.54. The van der Waals surface area contributed by atoms with Crippen molar-refractivity contribution >= 4 is 16.7 Å². The van der Waals surface area contributed by atoms with Crippen molar-refractivity contribution in [3.63, 3.8) is 0 Å². The smallest absolute Gasteiger partial charge is 0.292 e. The summed E-state index contributed by atoms with van der Waals surface area (Å²) in [5.74, 6) is -0.147. The Morgan fingerprint density at radius 2 is 1.83 bits per heavy atom. The molecular formula is C18H20N4O2. The third-order valence-electron chi connectivity index (χ3n) is 3.89. The highest BCUT2D eigenvalue weighted by atomic mass is 16.1. The molecule has 0 spiro atoms. The Morgan fingerprint density at radius 1 is 1.17 bits per heavy atom. The van der Waals surface area contributed by atoms with E-state index in [9.17, 15) is 9.59 Å². The number of hydrogen-bond acceptors (Lipinski definition) is 4. The highest BCUT2D eigenvalue weighted by Gasteiger charge is 2.22. The Labute approximate surface area is 139 Å². The molecule has 0 N–H and O–H groups in total. The van der Waals surface area contributed by atoms with Crippen molar-refractivity contribution in [3.05, 3.63) is 58.1 Å². The number of hydrogen-bond donors (Lipinski definition) is 0. The summed E-state index contributed by atoms with van der Waals surface area (Å²) in [5, 5.41) is 9.36. The van der Waals surface area contributed by atoms with Crippen LogP contribution in [0.25, 0.3) is 10.9 Å². The fourth-order valence-corrected chi connectivity index (χ4v) is 2.69. The molecule has 24 heavy (non-hydrogen) atoms. The normalized spacial score (nSPS) is 11.8. The number of carbonyl (C=O) groups excluding carboxylic acids is 1. The molecule has 0 aliphatic rings. The number of rotatable bonds is 3. The fourth-order valence-electron chi connectivity index (χ4n) is 2.69. The molecule has 0 saturated heterocycles. The lowest BCUT2D eigenvalue weighted by Gasteiger charge is -2.20. The van der Waals surface area contributed by atoms with Gasteiger partial charge in [-0.3, -0.25) is 14.3 Å². The van der Waals surface area contributed by atoms with E-state index < -0.39 is 0 Å². The number of fused-ring (bicyclic) bond motifs is 1. The standard InChI is InChI=1S/C18H20N4O2/c1-12-14-10-19-22(18(2,3)4)16(14)17(24)21(20-12)11-15(23)13-8-6-5-7-9-13/h5-10H,11H2,1-4H3. The van der Waals surface area contributed by atoms with E-state index in [1.807, 2.05) is 33.8 Å². The van der Waals surface area contributed by atoms with Crippen LogP contribution in [0, 0.1) is 6.92 Å². The summed E-state index contributed by atoms with van der Waals surface area (Å²) in [5.41, 5.74) is 1.09. The van der Waals surface area contributed by atoms with E-state index in [0.29, 0.717) is 16.8 Å². The Bertz CT molecular complexity index is 962. The summed E-state index contributed by atoms with van der Waals surface area (Å²) in [4.78, 5) is 25.3. The van der Waals surface area contributed by atoms with E-state index in [2.05, 4.69) is 10.2 Å². The van der Waals surface area contributed by atoms with Crippen LogP contribution >= 0.6 is 0 Å². The predicted molar refractivity (Wildman–Crippen MR) is 92.3 cm³/mol. The first-order valence-electron chi connectivity index (χ1n) is 7.83. The molecule has 124 valence electrons. The largest absolute Gasteiger partial charge is 0.293 e. The van der Waals surface area contributed by atoms with Gasteiger partial charge in [-0.05, 0) is 27.7 Å². The summed E-state index contributed by atoms with van der Waals surface area (Å²) in [7, 11) is 0. The van der Waals surface area contributed by atoms with Gasteiger partial charge >= 0.3 is 0 Å². The lowest BCUT2D eigenvalue weighted by atomic mass is 10.1. The molecule has 0 aliphatic heterocycles. The van der Waals surface area contributed by atoms with Crippen LogP contribution in [0.15, 0.2) is 41.3 Å². The average Bonchev–Trinajstić information content (AvgIpc) is 2.99. The number of ketones is 1. The maximum absolute atomic E-state index is 12.9. The zero-order valence-corrected chi connectivity index (χ0v) is 14.3. The Balaban J connectivity index is 2.11. The molecule has 2 aromatic heterocycles. The summed E-state index contributed by atoms with van der Waals surface area (Å²) in [6.45, 7) is 7.67. The summed E-state index contributed by atoms with van der Waals surface area (Å²) < 4.78 is 2.93. The van der Waals surface area contributed by atoms with Crippen LogP contribution in [-0.2, 0) is 12.1 Å². The molecule has 0 saturated carbocycles. The molecular weight excluding hydrogens is 304 g/mol. The number of carbonyl (C=O) groups is 1. The second-order valence-corrected chi connectivity index (χ2v) is 6.83. The van der Waals surface area contributed by atoms with Gasteiger partial charge in [0.25, 0.3) is 5.56 Å². The summed E-state index contributed by atoms with van der Waals surface area (Å²) >= 11 is 0. The molecule has 0 amide bonds. The molecule has 6 heteroatoms. The zero-order valence-electron chi connectivity index (χ0n) is 14.3. The quantitative estimate of drug-likeness (QED) is 0.694. The topological polar surface area (TPSA) is 69.8 Å². The minimum Gasteiger partial charge on any atom is -0.292 e. The van der Waals surface area contributed by atoms with Crippen molar-refractivity contribution < 1.29 is 4.79 Å². The number of nitrogens with zero attached hydrogens (tertiary/aromatic N) is 4. The lowest BCUT2D eigenvalue weighted by Crippen LogP contribution is -2.32. The molecule has 3 aromatic rings. The first-order chi connectivity index (χ1) is 11.3. The Kier molecular flexibility index (Phi) is 3.83. The summed E-state index contributed by atoms with van der Waals surface area (Å²) in [6.07, 6.45) is 1.66. The minimum atomic E-state index is -0.337. The molecule has 0 atom stereocenters. The third kappa shape index (κ3) is 2.75. The second kappa shape index (κ2) is 5.70. The highest BCUT2D eigenvalue weighted by molar-refractivity contribution is 5.95. The zero-order chi connectivity index (χ0) is 17.5. The van der Waals surface area contributed by atoms with Crippen molar-refractivity contribution in [2.24, 2.45) is 0 Å². The van der Waals surface area contributed by atoms with E-state index >= 15 is 0 Å². The van der Waals surface area contributed by atoms with Crippen LogP contribution in [0.5, 0.6) is 0 Å². The number of benzene rings is 1. The first kappa shape index (κ1) is 16.1. The van der Waals surface area contributed by atoms with Crippen LogP contribution in [-0.4, -0.2) is 25.3 Å². The van der Waals surface area contributed by atoms with Gasteiger partial charge in [-0.1, -0.05) is 30.3 Å². The van der Waals surface area contributed by atoms with Gasteiger partial charge in [-0.15, -0.1) is 0 Å². The Morgan fingerprint density at radius 3 is 2.46 bits per heavy atom. The first-order valence-corrected chi connectivity index (χ1v) is 7.83. The van der Waals surface area contributed by atoms with E-state index in [0.717, 1.165) is 5.39 Å². The molecule has 0 bridgehead atoms. The van der Waals surface area contributed by atoms with Gasteiger partial charge in [-0.2, -0.15) is 10.2 Å². The fraction of sp³-hybridized carbons (Fsp3) is 0.333. The van der Waals surface area contributed by atoms with E-state index in [-0.39, 0.29) is 23.4 Å². The van der Waals surface area contributed by atoms with Crippen molar-refractivity contribution in [1.82, 2.24) is 19.6 Å². The van der Waals surface area contributed by atoms with Crippen LogP contribution in [0.2, 0.25) is 0 Å². The maximum atomic E-state index is 12.9. The molecule has 1 aromatic carbocycles. The number of Topliss-reactive ketones (excluding diaryl/α,β-unsaturated/α-hetero) is 1. The third-order valence-corrected chi connectivity index (χ3v) is 3.89. The molecule has 2 heterocycles. The van der Waals surface area contributed by atoms with Crippen LogP contribution < -0.4 is 5.56 Å². The van der Waals surface area contributed by atoms with Crippen LogP contribution in [0.3, 0.4) is 0 Å². The average molecular weight is 324 g/mol. The molecule has 3 rings (SSSR count). The number of aryl methyl sites for hydroxylation is 1. The molecule has 0 unspecified atom stereocenters. The van der Waals surface area contributed by atoms with Gasteiger partial charge in [0.05, 0.1) is 17.4 Å². The molecule has 6 nitrogen and oxygen atoms in total. The minimum absolute atomic E-state index is 0.0883. The maximum Gasteiger partial charge on any atom is 0.293 e. The van der Waals surface area contributed by atoms with Gasteiger partial charge in [0.2, 0.25) is 0 Å². The van der Waals surface area contributed by atoms with E-state index in [1.165, 1.54) is 4.68 Å². The van der Waals surface area contributed by atoms with Gasteiger partial charge in [0, 0.05) is 10.9 Å². The molecule has 0 radical (unpaired) electrons. The van der Waals surface area contributed by atoms with Crippen LogP contribution in [0.1, 0.15) is 36.8 Å². The van der Waals surface area contributed by atoms with Crippen molar-refractivity contribution in [2.45, 2.75) is 39.8 Å². The van der Waals surface area contributed by atoms with E-state index in [4.69, 9.17) is 0 Å². The van der Waals surface area contributed by atoms with Crippen molar-refractivity contribution in [2.75, 3.05) is 0 Å². The van der Waals surface area contributed by atoms with Gasteiger partial charge in [0.15, 0.2) is 5.78 Å². The van der Waals surface area contributed by atoms with Crippen molar-refractivity contribution in [1.29, 1.82) is 0 Å². The lowest BCUT2D eigenvalue weighted by molar-refractivity contribution is 0.0966. The monoisotopic (exact) mass is 324 g/mol. The van der Waals surface area contributed by atoms with Crippen LogP contribution in [0.4, 0.5) is 0 Å². The number of aromatic nitrogens is 4.